The number of carbonyl (C=O) groups excluding carboxylic acids is 1. The van der Waals surface area contributed by atoms with Crippen molar-refractivity contribution in [3.8, 4) is 0 Å². The Bertz CT molecular complexity index is 528. The number of benzene rings is 1. The molecule has 1 atom stereocenters. The largest absolute Gasteiger partial charge is 0.345 e. The highest BCUT2D eigenvalue weighted by Gasteiger charge is 2.31. The molecule has 6 heteroatoms. The third-order valence-corrected chi connectivity index (χ3v) is 3.69. The van der Waals surface area contributed by atoms with Gasteiger partial charge in [-0.25, -0.2) is 0 Å². The number of rotatable bonds is 5. The van der Waals surface area contributed by atoms with Gasteiger partial charge in [-0.2, -0.15) is 0 Å². The Kier molecular flexibility index (Phi) is 4.83. The van der Waals surface area contributed by atoms with E-state index < -0.39 is 16.4 Å². The minimum Gasteiger partial charge on any atom is -0.345 e. The number of aryl methyl sites for hydroxylation is 1. The molecule has 1 aromatic carbocycles. The van der Waals surface area contributed by atoms with E-state index in [0.717, 1.165) is 5.56 Å². The third kappa shape index (κ3) is 3.33. The maximum absolute atomic E-state index is 12.3. The molecule has 6 nitrogen and oxygen atoms in total. The van der Waals surface area contributed by atoms with E-state index in [1.807, 2.05) is 20.8 Å². The predicted molar refractivity (Wildman–Crippen MR) is 77.6 cm³/mol. The summed E-state index contributed by atoms with van der Waals surface area (Å²) in [7, 11) is 0. The molecule has 0 radical (unpaired) electrons. The van der Waals surface area contributed by atoms with Crippen molar-refractivity contribution in [3.05, 3.63) is 39.4 Å². The average Bonchev–Trinajstić information content (AvgIpc) is 2.37. The Hall–Kier alpha value is -1.95. The SMILES string of the molecule is Cc1ccc([N+](=O)[O-])c(C(=O)NC(C)(CN)C(C)C)c1. The van der Waals surface area contributed by atoms with Crippen molar-refractivity contribution >= 4 is 11.6 Å². The quantitative estimate of drug-likeness (QED) is 0.636. The van der Waals surface area contributed by atoms with Gasteiger partial charge in [-0.05, 0) is 31.4 Å². The number of nitrogens with two attached hydrogens (primary N) is 1. The first kappa shape index (κ1) is 16.1. The molecule has 1 unspecified atom stereocenters. The highest BCUT2D eigenvalue weighted by Crippen LogP contribution is 2.22. The van der Waals surface area contributed by atoms with E-state index in [4.69, 9.17) is 5.73 Å². The molecule has 1 amide bonds. The fourth-order valence-electron chi connectivity index (χ4n) is 1.75. The topological polar surface area (TPSA) is 98.3 Å². The van der Waals surface area contributed by atoms with Crippen LogP contribution < -0.4 is 11.1 Å². The summed E-state index contributed by atoms with van der Waals surface area (Å²) in [6.45, 7) is 7.76. The molecule has 0 aliphatic carbocycles. The molecular formula is C14H21N3O3. The first-order chi connectivity index (χ1) is 9.21. The van der Waals surface area contributed by atoms with E-state index >= 15 is 0 Å². The Morgan fingerprint density at radius 3 is 2.55 bits per heavy atom. The molecule has 0 spiro atoms. The maximum Gasteiger partial charge on any atom is 0.282 e. The number of carbonyl (C=O) groups is 1. The number of hydrogen-bond acceptors (Lipinski definition) is 4. The zero-order valence-corrected chi connectivity index (χ0v) is 12.3. The Morgan fingerprint density at radius 1 is 1.50 bits per heavy atom. The molecule has 0 saturated heterocycles. The number of amides is 1. The van der Waals surface area contributed by atoms with E-state index in [0.29, 0.717) is 0 Å². The summed E-state index contributed by atoms with van der Waals surface area (Å²) in [5, 5.41) is 13.8. The van der Waals surface area contributed by atoms with Gasteiger partial charge < -0.3 is 11.1 Å². The van der Waals surface area contributed by atoms with Crippen molar-refractivity contribution in [1.82, 2.24) is 5.32 Å². The molecule has 110 valence electrons. The monoisotopic (exact) mass is 279 g/mol. The van der Waals surface area contributed by atoms with Gasteiger partial charge in [0.1, 0.15) is 5.56 Å². The second kappa shape index (κ2) is 6.00. The molecule has 1 rings (SSSR count). The highest BCUT2D eigenvalue weighted by atomic mass is 16.6. The summed E-state index contributed by atoms with van der Waals surface area (Å²) in [6.07, 6.45) is 0. The van der Waals surface area contributed by atoms with Gasteiger partial charge in [-0.15, -0.1) is 0 Å². The lowest BCUT2D eigenvalue weighted by Crippen LogP contribution is -2.55. The molecule has 0 saturated carbocycles. The van der Waals surface area contributed by atoms with Crippen molar-refractivity contribution < 1.29 is 9.72 Å². The summed E-state index contributed by atoms with van der Waals surface area (Å²) in [5.41, 5.74) is 5.77. The van der Waals surface area contributed by atoms with Crippen LogP contribution in [0.15, 0.2) is 18.2 Å². The summed E-state index contributed by atoms with van der Waals surface area (Å²) in [5.74, 6) is -0.359. The van der Waals surface area contributed by atoms with Crippen LogP contribution in [-0.4, -0.2) is 22.9 Å². The molecule has 0 fully saturated rings. The zero-order chi connectivity index (χ0) is 15.5. The molecule has 0 aromatic heterocycles. The molecule has 20 heavy (non-hydrogen) atoms. The van der Waals surface area contributed by atoms with Gasteiger partial charge in [0.25, 0.3) is 11.6 Å². The van der Waals surface area contributed by atoms with Gasteiger partial charge >= 0.3 is 0 Å². The zero-order valence-electron chi connectivity index (χ0n) is 12.3. The second-order valence-electron chi connectivity index (χ2n) is 5.51. The second-order valence-corrected chi connectivity index (χ2v) is 5.51. The van der Waals surface area contributed by atoms with Crippen LogP contribution in [0.4, 0.5) is 5.69 Å². The van der Waals surface area contributed by atoms with Crippen LogP contribution in [0.25, 0.3) is 0 Å². The lowest BCUT2D eigenvalue weighted by Gasteiger charge is -2.33. The Balaban J connectivity index is 3.15. The van der Waals surface area contributed by atoms with Gasteiger partial charge in [0, 0.05) is 12.6 Å². The van der Waals surface area contributed by atoms with Gasteiger partial charge in [0.05, 0.1) is 10.5 Å². The highest BCUT2D eigenvalue weighted by molar-refractivity contribution is 5.98. The van der Waals surface area contributed by atoms with Crippen LogP contribution in [0.3, 0.4) is 0 Å². The fourth-order valence-corrected chi connectivity index (χ4v) is 1.75. The fraction of sp³-hybridized carbons (Fsp3) is 0.500. The van der Waals surface area contributed by atoms with Crippen LogP contribution in [0.2, 0.25) is 0 Å². The molecule has 0 aliphatic heterocycles. The van der Waals surface area contributed by atoms with Crippen molar-refractivity contribution in [2.75, 3.05) is 6.54 Å². The predicted octanol–water partition coefficient (Wildman–Crippen LogP) is 2.01. The molecule has 1 aromatic rings. The molecule has 3 N–H and O–H groups in total. The van der Waals surface area contributed by atoms with Gasteiger partial charge in [0.2, 0.25) is 0 Å². The van der Waals surface area contributed by atoms with Crippen LogP contribution in [0.5, 0.6) is 0 Å². The van der Waals surface area contributed by atoms with Crippen molar-refractivity contribution in [1.29, 1.82) is 0 Å². The molecule has 0 aliphatic rings. The standard InChI is InChI=1S/C14H21N3O3/c1-9(2)14(4,8-15)16-13(18)11-7-10(3)5-6-12(11)17(19)20/h5-7,9H,8,15H2,1-4H3,(H,16,18). The van der Waals surface area contributed by atoms with Crippen LogP contribution in [0, 0.1) is 23.0 Å². The van der Waals surface area contributed by atoms with E-state index in [-0.39, 0.29) is 23.7 Å². The third-order valence-electron chi connectivity index (χ3n) is 3.69. The smallest absolute Gasteiger partial charge is 0.282 e. The maximum atomic E-state index is 12.3. The summed E-state index contributed by atoms with van der Waals surface area (Å²) in [6, 6.07) is 4.48. The van der Waals surface area contributed by atoms with Crippen molar-refractivity contribution in [3.63, 3.8) is 0 Å². The van der Waals surface area contributed by atoms with E-state index in [9.17, 15) is 14.9 Å². The molecule has 0 bridgehead atoms. The molecular weight excluding hydrogens is 258 g/mol. The van der Waals surface area contributed by atoms with E-state index in [1.165, 1.54) is 12.1 Å². The first-order valence-corrected chi connectivity index (χ1v) is 6.49. The minimum absolute atomic E-state index is 0.0651. The Morgan fingerprint density at radius 2 is 2.10 bits per heavy atom. The summed E-state index contributed by atoms with van der Waals surface area (Å²) < 4.78 is 0. The average molecular weight is 279 g/mol. The number of nitro benzene ring substituents is 1. The van der Waals surface area contributed by atoms with Gasteiger partial charge in [-0.1, -0.05) is 19.9 Å². The van der Waals surface area contributed by atoms with E-state index in [2.05, 4.69) is 5.32 Å². The lowest BCUT2D eigenvalue weighted by atomic mass is 9.88. The number of nitrogens with zero attached hydrogens (tertiary/aromatic N) is 1. The van der Waals surface area contributed by atoms with Crippen LogP contribution in [-0.2, 0) is 0 Å². The first-order valence-electron chi connectivity index (χ1n) is 6.49. The molecule has 0 heterocycles. The van der Waals surface area contributed by atoms with E-state index in [1.54, 1.807) is 13.0 Å². The summed E-state index contributed by atoms with van der Waals surface area (Å²) >= 11 is 0. The minimum atomic E-state index is -0.602. The van der Waals surface area contributed by atoms with Crippen LogP contribution in [0.1, 0.15) is 36.7 Å². The normalized spacial score (nSPS) is 13.9. The van der Waals surface area contributed by atoms with Crippen LogP contribution >= 0.6 is 0 Å². The van der Waals surface area contributed by atoms with Gasteiger partial charge in [0.15, 0.2) is 0 Å². The van der Waals surface area contributed by atoms with Crippen molar-refractivity contribution in [2.24, 2.45) is 11.7 Å². The lowest BCUT2D eigenvalue weighted by molar-refractivity contribution is -0.385. The number of nitrogens with one attached hydrogen (secondary N) is 1. The Labute approximate surface area is 118 Å². The van der Waals surface area contributed by atoms with Crippen molar-refractivity contribution in [2.45, 2.75) is 33.2 Å². The van der Waals surface area contributed by atoms with Gasteiger partial charge in [-0.3, -0.25) is 14.9 Å². The summed E-state index contributed by atoms with van der Waals surface area (Å²) in [4.78, 5) is 22.8. The number of hydrogen-bond donors (Lipinski definition) is 2. The number of nitro groups is 1.